The maximum absolute atomic E-state index is 12.0. The fraction of sp³-hybridized carbons (Fsp3) is 0.508. The van der Waals surface area contributed by atoms with Gasteiger partial charge in [0, 0.05) is 12.2 Å². The minimum atomic E-state index is -4.69. The molecule has 0 amide bonds. The number of alkyl halides is 3. The topological polar surface area (TPSA) is 51.2 Å². The number of ketones is 3. The molecule has 71 heavy (non-hydrogen) atoms. The fourth-order valence-corrected chi connectivity index (χ4v) is 6.98. The molecule has 0 spiro atoms. The van der Waals surface area contributed by atoms with Gasteiger partial charge in [-0.1, -0.05) is 204 Å². The first kappa shape index (κ1) is 71.1. The molecule has 0 atom stereocenters. The maximum atomic E-state index is 12.0. The summed E-state index contributed by atoms with van der Waals surface area (Å²) in [5.41, 5.74) is 0. The van der Waals surface area contributed by atoms with E-state index >= 15 is 0 Å². The third-order valence-corrected chi connectivity index (χ3v) is 11.5. The van der Waals surface area contributed by atoms with Gasteiger partial charge in [-0.3, -0.25) is 14.4 Å². The van der Waals surface area contributed by atoms with Crippen molar-refractivity contribution in [2.75, 3.05) is 23.0 Å². The molecule has 0 heterocycles. The van der Waals surface area contributed by atoms with Crippen LogP contribution in [0.5, 0.6) is 0 Å². The lowest BCUT2D eigenvalue weighted by molar-refractivity contribution is -0.171. The van der Waals surface area contributed by atoms with Crippen LogP contribution in [0.1, 0.15) is 176 Å². The second-order valence-electron chi connectivity index (χ2n) is 16.4. The average molecular weight is 1020 g/mol. The summed E-state index contributed by atoms with van der Waals surface area (Å²) in [6.07, 6.45) is 76.5. The highest BCUT2D eigenvalue weighted by Gasteiger charge is 2.36. The minimum Gasteiger partial charge on any atom is -0.299 e. The van der Waals surface area contributed by atoms with Crippen molar-refractivity contribution in [3.63, 3.8) is 0 Å². The Labute approximate surface area is 441 Å². The number of carbonyl (C=O) groups excluding carboxylic acids is 3. The molecule has 0 aromatic carbocycles. The van der Waals surface area contributed by atoms with E-state index in [1.54, 1.807) is 37.4 Å². The molecule has 0 aromatic heterocycles. The second-order valence-corrected chi connectivity index (χ2v) is 18.6. The van der Waals surface area contributed by atoms with E-state index in [0.29, 0.717) is 17.9 Å². The number of allylic oxidation sites excluding steroid dienone is 27. The third kappa shape index (κ3) is 72.5. The normalized spacial score (nSPS) is 12.9. The smallest absolute Gasteiger partial charge is 0.299 e. The van der Waals surface area contributed by atoms with Gasteiger partial charge in [-0.15, -0.1) is 11.8 Å². The number of hydrogen-bond donors (Lipinski definition) is 0. The first-order valence-corrected chi connectivity index (χ1v) is 28.7. The van der Waals surface area contributed by atoms with Gasteiger partial charge in [-0.2, -0.15) is 24.9 Å². The molecular formula is C63H95F3O3S2. The Morgan fingerprint density at radius 1 is 0.366 bits per heavy atom. The van der Waals surface area contributed by atoms with Crippen LogP contribution in [0.2, 0.25) is 0 Å². The van der Waals surface area contributed by atoms with Crippen molar-refractivity contribution in [1.29, 1.82) is 0 Å². The molecule has 0 saturated carbocycles. The number of rotatable bonds is 42. The van der Waals surface area contributed by atoms with E-state index in [1.165, 1.54) is 19.3 Å². The van der Waals surface area contributed by atoms with Gasteiger partial charge in [0.2, 0.25) is 5.78 Å². The molecule has 8 heteroatoms. The summed E-state index contributed by atoms with van der Waals surface area (Å²) in [6, 6.07) is 0. The molecule has 0 bridgehead atoms. The Hall–Kier alpha value is -4.14. The van der Waals surface area contributed by atoms with Crippen LogP contribution in [0.25, 0.3) is 0 Å². The number of halogens is 3. The summed E-state index contributed by atoms with van der Waals surface area (Å²) in [5, 5.41) is 0. The van der Waals surface area contributed by atoms with E-state index in [1.807, 2.05) is 18.2 Å². The molecule has 0 aliphatic heterocycles. The van der Waals surface area contributed by atoms with Crippen LogP contribution in [-0.2, 0) is 14.4 Å². The van der Waals surface area contributed by atoms with E-state index in [-0.39, 0.29) is 18.0 Å². The van der Waals surface area contributed by atoms with Crippen LogP contribution in [0, 0.1) is 0 Å². The number of hydrogen-bond acceptors (Lipinski definition) is 5. The van der Waals surface area contributed by atoms with E-state index < -0.39 is 18.4 Å². The van der Waals surface area contributed by atoms with Crippen LogP contribution >= 0.6 is 23.5 Å². The molecule has 0 rings (SSSR count). The molecule has 0 aliphatic carbocycles. The summed E-state index contributed by atoms with van der Waals surface area (Å²) in [7, 11) is 0. The van der Waals surface area contributed by atoms with Gasteiger partial charge in [0.25, 0.3) is 0 Å². The molecule has 0 radical (unpaired) electrons. The number of thioether (sulfide) groups is 2. The zero-order chi connectivity index (χ0) is 52.8. The van der Waals surface area contributed by atoms with Crippen molar-refractivity contribution in [2.45, 2.75) is 182 Å². The lowest BCUT2D eigenvalue weighted by atomic mass is 10.1. The van der Waals surface area contributed by atoms with E-state index in [0.717, 1.165) is 114 Å². The zero-order valence-electron chi connectivity index (χ0n) is 44.7. The molecule has 0 aliphatic rings. The summed E-state index contributed by atoms with van der Waals surface area (Å²) < 4.78 is 35.9. The van der Waals surface area contributed by atoms with Crippen LogP contribution in [0.3, 0.4) is 0 Å². The van der Waals surface area contributed by atoms with Crippen molar-refractivity contribution in [2.24, 2.45) is 0 Å². The molecule has 0 fully saturated rings. The van der Waals surface area contributed by atoms with Gasteiger partial charge in [0.05, 0.1) is 11.5 Å². The second kappa shape index (κ2) is 62.0. The Kier molecular flexibility index (Phi) is 62.1. The Morgan fingerprint density at radius 2 is 0.676 bits per heavy atom. The number of unbranched alkanes of at least 4 members (excludes halogenated alkanes) is 5. The lowest BCUT2D eigenvalue weighted by Crippen LogP contribution is -2.22. The molecule has 3 nitrogen and oxygen atoms in total. The van der Waals surface area contributed by atoms with Crippen molar-refractivity contribution in [1.82, 2.24) is 0 Å². The van der Waals surface area contributed by atoms with Gasteiger partial charge in [-0.25, -0.2) is 0 Å². The maximum Gasteiger partial charge on any atom is 0.449 e. The summed E-state index contributed by atoms with van der Waals surface area (Å²) >= 11 is 3.39. The van der Waals surface area contributed by atoms with Crippen molar-refractivity contribution >= 4 is 40.9 Å². The van der Waals surface area contributed by atoms with E-state index in [4.69, 9.17) is 0 Å². The van der Waals surface area contributed by atoms with Gasteiger partial charge in [0.15, 0.2) is 0 Å². The predicted molar refractivity (Wildman–Crippen MR) is 314 cm³/mol. The van der Waals surface area contributed by atoms with E-state index in [2.05, 4.69) is 173 Å². The Balaban J connectivity index is -0.000000978. The highest BCUT2D eigenvalue weighted by Crippen LogP contribution is 2.19. The number of carbonyl (C=O) groups is 3. The standard InChI is InChI=1S/C21H31F3O.2C21H32OS/c1-2-3-4-5-6-7-8-9-10-11-12-13-14-15-16-17-18-19-20(25)21(22,23)24;2*1-3-4-5-6-7-8-9-10-11-12-13-14-15-16-17-18-19-23-20-21(2)22/h6-7,9-10,12-13,15-16H,2-5,8,11,14,17-19H2,1H3;4-5,7-8,10-11,13-14,17-18H,3,6,9,12,15-16,19-20H2,1-2H3;4-5,7-8,10-11,13-14,16-17H,3,6,9,12,15,18-20H2,1-2H3/b7-6-,10-9-,13-12-,16-15-;5-4-,8-7-,11-10-,14-13-,18-17+;5-4-,8-7-,11-10-,14-13-,17-16-. The van der Waals surface area contributed by atoms with Crippen molar-refractivity contribution in [3.8, 4) is 0 Å². The van der Waals surface area contributed by atoms with E-state index in [9.17, 15) is 27.6 Å². The fourth-order valence-electron chi connectivity index (χ4n) is 5.57. The molecule has 0 saturated heterocycles. The van der Waals surface area contributed by atoms with Gasteiger partial charge in [-0.05, 0) is 142 Å². The molecule has 0 aromatic rings. The summed E-state index contributed by atoms with van der Waals surface area (Å²) in [4.78, 5) is 32.2. The Morgan fingerprint density at radius 3 is 1.03 bits per heavy atom. The SMILES string of the molecule is CC/C=C\C/C=C\C/C=C\C/C=C\C/C=C\CCSCC(C)=O.CC/C=C\C/C=C\C/C=C\C/C=C\CC/C=C/CSCC(C)=O.CCCCC/C=C\C/C=C\C/C=C\C/C=C\CCCC(=O)C(F)(F)F. The number of Topliss-reactive ketones (excluding diaryl/α,β-unsaturated/α-hetero) is 3. The predicted octanol–water partition coefficient (Wildman–Crippen LogP) is 20.2. The highest BCUT2D eigenvalue weighted by molar-refractivity contribution is 8.00. The largest absolute Gasteiger partial charge is 0.449 e. The minimum absolute atomic E-state index is 0.243. The van der Waals surface area contributed by atoms with Crippen LogP contribution < -0.4 is 0 Å². The molecule has 398 valence electrons. The lowest BCUT2D eigenvalue weighted by Gasteiger charge is -2.02. The first-order chi connectivity index (χ1) is 34.5. The van der Waals surface area contributed by atoms with Crippen LogP contribution in [0.15, 0.2) is 170 Å². The zero-order valence-corrected chi connectivity index (χ0v) is 46.4. The highest BCUT2D eigenvalue weighted by atomic mass is 32.2. The van der Waals surface area contributed by atoms with Crippen LogP contribution in [0.4, 0.5) is 13.2 Å². The first-order valence-electron chi connectivity index (χ1n) is 26.4. The van der Waals surface area contributed by atoms with Gasteiger partial charge in [0.1, 0.15) is 11.6 Å². The monoisotopic (exact) mass is 1020 g/mol. The van der Waals surface area contributed by atoms with Gasteiger partial charge >= 0.3 is 6.18 Å². The average Bonchev–Trinajstić information content (AvgIpc) is 3.34. The molecular weight excluding hydrogens is 926 g/mol. The summed E-state index contributed by atoms with van der Waals surface area (Å²) in [5.74, 6) is 2.12. The van der Waals surface area contributed by atoms with Crippen molar-refractivity contribution < 1.29 is 27.6 Å². The third-order valence-electron chi connectivity index (χ3n) is 9.35. The molecule has 0 unspecified atom stereocenters. The summed E-state index contributed by atoms with van der Waals surface area (Å²) in [6.45, 7) is 9.79. The quantitative estimate of drug-likeness (QED) is 0.0450. The van der Waals surface area contributed by atoms with Gasteiger partial charge < -0.3 is 0 Å². The Bertz CT molecular complexity index is 1660. The van der Waals surface area contributed by atoms with Crippen LogP contribution in [-0.4, -0.2) is 46.5 Å². The molecule has 0 N–H and O–H groups in total. The van der Waals surface area contributed by atoms with Crippen molar-refractivity contribution in [3.05, 3.63) is 170 Å².